The summed E-state index contributed by atoms with van der Waals surface area (Å²) in [6, 6.07) is 0. The third-order valence-corrected chi connectivity index (χ3v) is 1.74. The minimum Gasteiger partial charge on any atom is -0.404 e. The number of hydrogen-bond donors (Lipinski definition) is 2. The highest BCUT2D eigenvalue weighted by Gasteiger charge is 2.07. The zero-order valence-electron chi connectivity index (χ0n) is 7.12. The van der Waals surface area contributed by atoms with Crippen LogP contribution in [0.3, 0.4) is 0 Å². The fourth-order valence-electron chi connectivity index (χ4n) is 1.10. The second-order valence-electron chi connectivity index (χ2n) is 2.49. The van der Waals surface area contributed by atoms with Crippen molar-refractivity contribution in [2.24, 2.45) is 16.5 Å². The number of aliphatic imine (C=N–C) groups is 1. The molecule has 0 unspecified atom stereocenters. The third kappa shape index (κ3) is 1.56. The van der Waals surface area contributed by atoms with E-state index < -0.39 is 0 Å². The summed E-state index contributed by atoms with van der Waals surface area (Å²) in [5.41, 5.74) is 13.5. The Morgan fingerprint density at radius 3 is 2.92 bits per heavy atom. The van der Waals surface area contributed by atoms with Crippen LogP contribution < -0.4 is 11.5 Å². The summed E-state index contributed by atoms with van der Waals surface area (Å²) in [6.07, 6.45) is 8.18. The van der Waals surface area contributed by atoms with Gasteiger partial charge in [-0.1, -0.05) is 12.2 Å². The van der Waals surface area contributed by atoms with Crippen LogP contribution >= 0.6 is 0 Å². The van der Waals surface area contributed by atoms with Gasteiger partial charge >= 0.3 is 0 Å². The summed E-state index contributed by atoms with van der Waals surface area (Å²) < 4.78 is 0. The Balaban J connectivity index is 3.11. The Bertz CT molecular complexity index is 282. The van der Waals surface area contributed by atoms with Crippen molar-refractivity contribution >= 4 is 5.71 Å². The van der Waals surface area contributed by atoms with Crippen LogP contribution in [0.15, 0.2) is 40.7 Å². The van der Waals surface area contributed by atoms with Crippen LogP contribution in [-0.2, 0) is 0 Å². The molecule has 1 rings (SSSR count). The maximum Gasteiger partial charge on any atom is 0.0675 e. The first-order valence-electron chi connectivity index (χ1n) is 3.81. The van der Waals surface area contributed by atoms with E-state index in [1.807, 2.05) is 18.2 Å². The highest BCUT2D eigenvalue weighted by molar-refractivity contribution is 6.11. The molecule has 0 aliphatic heterocycles. The van der Waals surface area contributed by atoms with Gasteiger partial charge in [-0.25, -0.2) is 0 Å². The molecule has 0 aromatic heterocycles. The summed E-state index contributed by atoms with van der Waals surface area (Å²) >= 11 is 0. The average molecular weight is 163 g/mol. The van der Waals surface area contributed by atoms with Gasteiger partial charge in [0.05, 0.1) is 5.71 Å². The molecule has 0 saturated carbocycles. The number of hydrogen-bond acceptors (Lipinski definition) is 3. The van der Waals surface area contributed by atoms with E-state index >= 15 is 0 Å². The highest BCUT2D eigenvalue weighted by atomic mass is 14.7. The Morgan fingerprint density at radius 1 is 1.58 bits per heavy atom. The smallest absolute Gasteiger partial charge is 0.0675 e. The van der Waals surface area contributed by atoms with E-state index in [-0.39, 0.29) is 0 Å². The molecular weight excluding hydrogens is 150 g/mol. The number of allylic oxidation sites excluding steroid dienone is 4. The molecule has 0 aromatic rings. The van der Waals surface area contributed by atoms with E-state index in [4.69, 9.17) is 11.5 Å². The van der Waals surface area contributed by atoms with Crippen molar-refractivity contribution in [3.05, 3.63) is 35.7 Å². The van der Waals surface area contributed by atoms with Gasteiger partial charge in [-0.2, -0.15) is 0 Å². The van der Waals surface area contributed by atoms with E-state index in [1.54, 1.807) is 7.05 Å². The van der Waals surface area contributed by atoms with Crippen molar-refractivity contribution in [3.63, 3.8) is 0 Å². The molecule has 0 atom stereocenters. The van der Waals surface area contributed by atoms with Gasteiger partial charge in [-0.3, -0.25) is 4.99 Å². The zero-order valence-corrected chi connectivity index (χ0v) is 7.12. The van der Waals surface area contributed by atoms with Crippen LogP contribution in [0.2, 0.25) is 0 Å². The molecule has 0 amide bonds. The molecule has 3 heteroatoms. The number of nitrogens with two attached hydrogens (primary N) is 2. The van der Waals surface area contributed by atoms with Crippen molar-refractivity contribution in [2.45, 2.75) is 6.42 Å². The monoisotopic (exact) mass is 163 g/mol. The second kappa shape index (κ2) is 3.76. The molecule has 12 heavy (non-hydrogen) atoms. The first-order valence-corrected chi connectivity index (χ1v) is 3.81. The Hall–Kier alpha value is -1.51. The molecule has 0 heterocycles. The topological polar surface area (TPSA) is 64.4 Å². The van der Waals surface area contributed by atoms with Crippen molar-refractivity contribution in [1.29, 1.82) is 0 Å². The van der Waals surface area contributed by atoms with E-state index in [0.717, 1.165) is 17.7 Å². The normalized spacial score (nSPS) is 24.2. The van der Waals surface area contributed by atoms with Gasteiger partial charge in [-0.15, -0.1) is 0 Å². The van der Waals surface area contributed by atoms with Crippen molar-refractivity contribution in [3.8, 4) is 0 Å². The molecular formula is C9H13N3. The molecule has 4 N–H and O–H groups in total. The van der Waals surface area contributed by atoms with Crippen LogP contribution in [-0.4, -0.2) is 12.8 Å². The zero-order chi connectivity index (χ0) is 8.97. The van der Waals surface area contributed by atoms with Crippen LogP contribution in [0.4, 0.5) is 0 Å². The third-order valence-electron chi connectivity index (χ3n) is 1.74. The summed E-state index contributed by atoms with van der Waals surface area (Å²) in [7, 11) is 1.72. The molecule has 3 nitrogen and oxygen atoms in total. The van der Waals surface area contributed by atoms with Gasteiger partial charge in [-0.05, 0) is 12.5 Å². The summed E-state index contributed by atoms with van der Waals surface area (Å²) in [6.45, 7) is 0. The van der Waals surface area contributed by atoms with Crippen LogP contribution in [0.5, 0.6) is 0 Å². The Kier molecular flexibility index (Phi) is 2.69. The molecule has 0 radical (unpaired) electrons. The first-order chi connectivity index (χ1) is 5.79. The average Bonchev–Trinajstić information content (AvgIpc) is 2.26. The molecule has 64 valence electrons. The SMILES string of the molecule is CN=C1C=CCC=C(N)C1=CN. The van der Waals surface area contributed by atoms with E-state index in [1.165, 1.54) is 6.20 Å². The first kappa shape index (κ1) is 8.59. The molecule has 1 aliphatic carbocycles. The molecule has 0 fully saturated rings. The predicted octanol–water partition coefficient (Wildman–Crippen LogP) is 0.702. The minimum absolute atomic E-state index is 0.697. The van der Waals surface area contributed by atoms with Gasteiger partial charge < -0.3 is 11.5 Å². The van der Waals surface area contributed by atoms with Crippen LogP contribution in [0.1, 0.15) is 6.42 Å². The maximum atomic E-state index is 5.75. The van der Waals surface area contributed by atoms with E-state index in [2.05, 4.69) is 4.99 Å². The molecule has 0 aromatic carbocycles. The minimum atomic E-state index is 0.697. The fraction of sp³-hybridized carbons (Fsp3) is 0.222. The molecule has 0 bridgehead atoms. The van der Waals surface area contributed by atoms with Gasteiger partial charge in [0.1, 0.15) is 0 Å². The Morgan fingerprint density at radius 2 is 2.33 bits per heavy atom. The van der Waals surface area contributed by atoms with Crippen LogP contribution in [0.25, 0.3) is 0 Å². The largest absolute Gasteiger partial charge is 0.404 e. The lowest BCUT2D eigenvalue weighted by atomic mass is 10.1. The number of rotatable bonds is 0. The van der Waals surface area contributed by atoms with Crippen molar-refractivity contribution < 1.29 is 0 Å². The Labute approximate surface area is 72.2 Å². The van der Waals surface area contributed by atoms with Gasteiger partial charge in [0.2, 0.25) is 0 Å². The fourth-order valence-corrected chi connectivity index (χ4v) is 1.10. The van der Waals surface area contributed by atoms with Crippen molar-refractivity contribution in [2.75, 3.05) is 7.05 Å². The summed E-state index contributed by atoms with van der Waals surface area (Å²) in [4.78, 5) is 4.07. The van der Waals surface area contributed by atoms with E-state index in [0.29, 0.717) is 5.70 Å². The van der Waals surface area contributed by atoms with Crippen LogP contribution in [0, 0.1) is 0 Å². The van der Waals surface area contributed by atoms with Gasteiger partial charge in [0.15, 0.2) is 0 Å². The highest BCUT2D eigenvalue weighted by Crippen LogP contribution is 2.11. The predicted molar refractivity (Wildman–Crippen MR) is 51.7 cm³/mol. The molecule has 1 aliphatic rings. The lowest BCUT2D eigenvalue weighted by molar-refractivity contribution is 1.28. The quantitative estimate of drug-likeness (QED) is 0.552. The standard InChI is InChI=1S/C9H13N3/c1-12-9-5-3-2-4-8(11)7(9)6-10/h3-6H,2,10-11H2,1H3. The summed E-state index contributed by atoms with van der Waals surface area (Å²) in [5, 5.41) is 0. The second-order valence-corrected chi connectivity index (χ2v) is 2.49. The van der Waals surface area contributed by atoms with Crippen molar-refractivity contribution in [1.82, 2.24) is 0 Å². The van der Waals surface area contributed by atoms with E-state index in [9.17, 15) is 0 Å². The maximum absolute atomic E-state index is 5.75. The van der Waals surface area contributed by atoms with Gasteiger partial charge in [0.25, 0.3) is 0 Å². The van der Waals surface area contributed by atoms with Gasteiger partial charge in [0, 0.05) is 24.5 Å². The lowest BCUT2D eigenvalue weighted by Crippen LogP contribution is -2.10. The number of nitrogens with zero attached hydrogens (tertiary/aromatic N) is 1. The lowest BCUT2D eigenvalue weighted by Gasteiger charge is -2.03. The molecule has 0 saturated heterocycles. The molecule has 0 spiro atoms. The summed E-state index contributed by atoms with van der Waals surface area (Å²) in [5.74, 6) is 0.